The first-order valence-corrected chi connectivity index (χ1v) is 9.06. The average Bonchev–Trinajstić information content (AvgIpc) is 3.01. The largest absolute Gasteiger partial charge is 0.396 e. The van der Waals surface area contributed by atoms with E-state index >= 15 is 0 Å². The fourth-order valence-corrected chi connectivity index (χ4v) is 3.61. The van der Waals surface area contributed by atoms with Crippen LogP contribution in [0.4, 0.5) is 0 Å². The second-order valence-electron chi connectivity index (χ2n) is 7.01. The molecule has 2 rings (SSSR count). The highest BCUT2D eigenvalue weighted by Gasteiger charge is 2.34. The van der Waals surface area contributed by atoms with Crippen molar-refractivity contribution in [3.8, 4) is 0 Å². The number of aliphatic hydroxyl groups excluding tert-OH is 1. The van der Waals surface area contributed by atoms with Gasteiger partial charge in [-0.15, -0.1) is 24.0 Å². The van der Waals surface area contributed by atoms with E-state index in [0.717, 1.165) is 51.6 Å². The third-order valence-electron chi connectivity index (χ3n) is 5.31. The SMILES string of the molecule is CN=C(NCCN1CCCCC1C)NCC1(CCO)CCOC1.I. The summed E-state index contributed by atoms with van der Waals surface area (Å²) in [7, 11) is 1.81. The zero-order valence-corrected chi connectivity index (χ0v) is 17.6. The Bertz CT molecular complexity index is 376. The number of guanidine groups is 1. The van der Waals surface area contributed by atoms with Crippen molar-refractivity contribution < 1.29 is 9.84 Å². The maximum atomic E-state index is 9.29. The van der Waals surface area contributed by atoms with Crippen molar-refractivity contribution in [3.05, 3.63) is 0 Å². The summed E-state index contributed by atoms with van der Waals surface area (Å²) in [5.41, 5.74) is 0.0494. The minimum atomic E-state index is 0. The minimum Gasteiger partial charge on any atom is -0.396 e. The van der Waals surface area contributed by atoms with Crippen LogP contribution in [0.15, 0.2) is 4.99 Å². The number of hydrogen-bond acceptors (Lipinski definition) is 4. The monoisotopic (exact) mass is 454 g/mol. The van der Waals surface area contributed by atoms with Gasteiger partial charge in [0, 0.05) is 51.4 Å². The molecule has 6 nitrogen and oxygen atoms in total. The van der Waals surface area contributed by atoms with E-state index < -0.39 is 0 Å². The van der Waals surface area contributed by atoms with Gasteiger partial charge in [-0.25, -0.2) is 0 Å². The molecule has 3 N–H and O–H groups in total. The highest BCUT2D eigenvalue weighted by atomic mass is 127. The van der Waals surface area contributed by atoms with Gasteiger partial charge in [0.2, 0.25) is 0 Å². The molecule has 0 radical (unpaired) electrons. The number of likely N-dealkylation sites (tertiary alicyclic amines) is 1. The summed E-state index contributed by atoms with van der Waals surface area (Å²) in [6.45, 7) is 8.04. The van der Waals surface area contributed by atoms with Gasteiger partial charge in [0.25, 0.3) is 0 Å². The molecule has 2 atom stereocenters. The van der Waals surface area contributed by atoms with E-state index in [1.807, 2.05) is 7.05 Å². The number of ether oxygens (including phenoxy) is 1. The Kier molecular flexibility index (Phi) is 10.5. The van der Waals surface area contributed by atoms with Gasteiger partial charge in [0.15, 0.2) is 5.96 Å². The normalized spacial score (nSPS) is 28.5. The van der Waals surface area contributed by atoms with Gasteiger partial charge < -0.3 is 20.5 Å². The molecule has 7 heteroatoms. The number of hydrogen-bond donors (Lipinski definition) is 3. The molecule has 0 spiro atoms. The average molecular weight is 454 g/mol. The zero-order chi connectivity index (χ0) is 16.5. The van der Waals surface area contributed by atoms with Crippen LogP contribution in [-0.4, -0.2) is 75.1 Å². The first-order chi connectivity index (χ1) is 11.2. The van der Waals surface area contributed by atoms with Crippen molar-refractivity contribution >= 4 is 29.9 Å². The Morgan fingerprint density at radius 2 is 2.21 bits per heavy atom. The molecule has 2 heterocycles. The van der Waals surface area contributed by atoms with Crippen molar-refractivity contribution in [1.82, 2.24) is 15.5 Å². The molecule has 0 aromatic carbocycles. The van der Waals surface area contributed by atoms with Crippen molar-refractivity contribution in [3.63, 3.8) is 0 Å². The first kappa shape index (κ1) is 21.9. The molecular weight excluding hydrogens is 419 g/mol. The van der Waals surface area contributed by atoms with Crippen LogP contribution in [0.25, 0.3) is 0 Å². The fourth-order valence-electron chi connectivity index (χ4n) is 3.61. The summed E-state index contributed by atoms with van der Waals surface area (Å²) in [5.74, 6) is 0.846. The van der Waals surface area contributed by atoms with E-state index in [4.69, 9.17) is 4.74 Å². The van der Waals surface area contributed by atoms with E-state index in [1.165, 1.54) is 25.8 Å². The van der Waals surface area contributed by atoms with Crippen LogP contribution in [0.3, 0.4) is 0 Å². The van der Waals surface area contributed by atoms with Crippen molar-refractivity contribution in [2.24, 2.45) is 10.4 Å². The molecule has 24 heavy (non-hydrogen) atoms. The Hall–Kier alpha value is -0.120. The van der Waals surface area contributed by atoms with Gasteiger partial charge in [-0.3, -0.25) is 9.89 Å². The van der Waals surface area contributed by atoms with E-state index in [1.54, 1.807) is 0 Å². The zero-order valence-electron chi connectivity index (χ0n) is 15.2. The number of aliphatic hydroxyl groups is 1. The number of nitrogens with one attached hydrogen (secondary N) is 2. The van der Waals surface area contributed by atoms with Crippen molar-refractivity contribution in [2.75, 3.05) is 53.0 Å². The van der Waals surface area contributed by atoms with Crippen LogP contribution in [0.1, 0.15) is 39.0 Å². The maximum Gasteiger partial charge on any atom is 0.191 e. The van der Waals surface area contributed by atoms with Crippen molar-refractivity contribution in [2.45, 2.75) is 45.1 Å². The van der Waals surface area contributed by atoms with Crippen molar-refractivity contribution in [1.29, 1.82) is 0 Å². The number of halogens is 1. The summed E-state index contributed by atoms with van der Waals surface area (Å²) in [6.07, 6.45) is 5.78. The molecule has 142 valence electrons. The lowest BCUT2D eigenvalue weighted by molar-refractivity contribution is 0.127. The van der Waals surface area contributed by atoms with Crippen LogP contribution in [0, 0.1) is 5.41 Å². The highest BCUT2D eigenvalue weighted by Crippen LogP contribution is 2.31. The van der Waals surface area contributed by atoms with E-state index in [9.17, 15) is 5.11 Å². The molecule has 0 amide bonds. The summed E-state index contributed by atoms with van der Waals surface area (Å²) in [5, 5.41) is 16.1. The van der Waals surface area contributed by atoms with Gasteiger partial charge in [-0.05, 0) is 39.2 Å². The smallest absolute Gasteiger partial charge is 0.191 e. The van der Waals surface area contributed by atoms with E-state index in [-0.39, 0.29) is 36.0 Å². The van der Waals surface area contributed by atoms with Gasteiger partial charge in [-0.2, -0.15) is 0 Å². The standard InChI is InChI=1S/C17H34N4O2.HI/c1-15-5-3-4-9-21(15)10-8-19-16(18-2)20-13-17(6-11-22)7-12-23-14-17;/h15,22H,3-14H2,1-2H3,(H2,18,19,20);1H. The lowest BCUT2D eigenvalue weighted by Crippen LogP contribution is -2.47. The second kappa shape index (κ2) is 11.5. The summed E-state index contributed by atoms with van der Waals surface area (Å²) < 4.78 is 5.53. The predicted octanol–water partition coefficient (Wildman–Crippen LogP) is 1.43. The number of piperidine rings is 1. The molecule has 0 aliphatic carbocycles. The Balaban J connectivity index is 0.00000288. The molecule has 2 saturated heterocycles. The Labute approximate surface area is 163 Å². The van der Waals surface area contributed by atoms with Gasteiger partial charge in [-0.1, -0.05) is 6.42 Å². The van der Waals surface area contributed by atoms with Gasteiger partial charge in [0.05, 0.1) is 6.61 Å². The Morgan fingerprint density at radius 3 is 2.83 bits per heavy atom. The third-order valence-corrected chi connectivity index (χ3v) is 5.31. The topological polar surface area (TPSA) is 69.1 Å². The minimum absolute atomic E-state index is 0. The molecule has 0 aromatic rings. The van der Waals surface area contributed by atoms with Crippen LogP contribution in [-0.2, 0) is 4.74 Å². The summed E-state index contributed by atoms with van der Waals surface area (Å²) in [4.78, 5) is 6.87. The van der Waals surface area contributed by atoms with Gasteiger partial charge >= 0.3 is 0 Å². The van der Waals surface area contributed by atoms with Crippen LogP contribution in [0.2, 0.25) is 0 Å². The number of rotatable bonds is 7. The molecule has 2 fully saturated rings. The molecule has 0 aromatic heterocycles. The fraction of sp³-hybridized carbons (Fsp3) is 0.941. The van der Waals surface area contributed by atoms with Gasteiger partial charge in [0.1, 0.15) is 0 Å². The van der Waals surface area contributed by atoms with E-state index in [0.29, 0.717) is 6.04 Å². The van der Waals surface area contributed by atoms with E-state index in [2.05, 4.69) is 27.4 Å². The molecule has 2 aliphatic heterocycles. The third kappa shape index (κ3) is 6.65. The molecule has 2 aliphatic rings. The highest BCUT2D eigenvalue weighted by molar-refractivity contribution is 14.0. The number of aliphatic imine (C=N–C) groups is 1. The summed E-state index contributed by atoms with van der Waals surface area (Å²) in [6, 6.07) is 0.698. The van der Waals surface area contributed by atoms with Crippen LogP contribution in [0.5, 0.6) is 0 Å². The maximum absolute atomic E-state index is 9.29. The lowest BCUT2D eigenvalue weighted by atomic mass is 9.84. The molecular formula is C17H35IN4O2. The number of nitrogens with zero attached hydrogens (tertiary/aromatic N) is 2. The predicted molar refractivity (Wildman–Crippen MR) is 109 cm³/mol. The first-order valence-electron chi connectivity index (χ1n) is 9.06. The Morgan fingerprint density at radius 1 is 1.38 bits per heavy atom. The molecule has 0 saturated carbocycles. The quantitative estimate of drug-likeness (QED) is 0.309. The molecule has 0 bridgehead atoms. The lowest BCUT2D eigenvalue weighted by Gasteiger charge is -2.33. The van der Waals surface area contributed by atoms with Crippen LogP contribution >= 0.6 is 24.0 Å². The second-order valence-corrected chi connectivity index (χ2v) is 7.01. The van der Waals surface area contributed by atoms with Crippen LogP contribution < -0.4 is 10.6 Å². The molecule has 2 unspecified atom stereocenters. The summed E-state index contributed by atoms with van der Waals surface area (Å²) >= 11 is 0.